The van der Waals surface area contributed by atoms with Crippen LogP contribution in [0.1, 0.15) is 10.4 Å². The molecule has 0 spiro atoms. The zero-order valence-electron chi connectivity index (χ0n) is 8.51. The van der Waals surface area contributed by atoms with Crippen molar-refractivity contribution in [3.63, 3.8) is 0 Å². The first-order valence-electron chi connectivity index (χ1n) is 4.46. The lowest BCUT2D eigenvalue weighted by Gasteiger charge is -2.09. The number of carbonyl (C=O) groups is 2. The molecule has 0 fully saturated rings. The fraction of sp³-hybridized carbons (Fsp3) is 0.200. The van der Waals surface area contributed by atoms with Gasteiger partial charge in [-0.2, -0.15) is 0 Å². The van der Waals surface area contributed by atoms with Crippen molar-refractivity contribution in [3.05, 3.63) is 28.2 Å². The van der Waals surface area contributed by atoms with Crippen LogP contribution in [0.4, 0.5) is 5.69 Å². The summed E-state index contributed by atoms with van der Waals surface area (Å²) in [5.41, 5.74) is 0.974. The normalized spacial score (nSPS) is 9.69. The molecule has 1 aromatic carbocycles. The van der Waals surface area contributed by atoms with E-state index in [1.807, 2.05) is 0 Å². The van der Waals surface area contributed by atoms with Crippen LogP contribution in [0.5, 0.6) is 0 Å². The summed E-state index contributed by atoms with van der Waals surface area (Å²) in [6, 6.07) is 5.01. The average molecular weight is 306 g/mol. The van der Waals surface area contributed by atoms with Gasteiger partial charge in [-0.3, -0.25) is 9.59 Å². The van der Waals surface area contributed by atoms with E-state index in [1.54, 1.807) is 25.2 Å². The molecule has 1 rings (SSSR count). The van der Waals surface area contributed by atoms with Crippen molar-refractivity contribution in [2.75, 3.05) is 18.2 Å². The molecule has 16 heavy (non-hydrogen) atoms. The van der Waals surface area contributed by atoms with E-state index in [0.29, 0.717) is 15.7 Å². The van der Waals surface area contributed by atoms with Crippen LogP contribution in [0.15, 0.2) is 22.7 Å². The third-order valence-electron chi connectivity index (χ3n) is 1.87. The Hall–Kier alpha value is -1.07. The van der Waals surface area contributed by atoms with Crippen LogP contribution < -0.4 is 10.6 Å². The molecular formula is C10H10BrClN2O2. The number of carbonyl (C=O) groups excluding carboxylic acids is 2. The molecule has 0 aliphatic carbocycles. The first-order chi connectivity index (χ1) is 7.60. The maximum absolute atomic E-state index is 11.5. The molecule has 1 aromatic rings. The number of anilines is 1. The van der Waals surface area contributed by atoms with Gasteiger partial charge in [-0.15, -0.1) is 11.6 Å². The number of alkyl halides is 1. The average Bonchev–Trinajstić information content (AvgIpc) is 2.30. The Bertz CT molecular complexity index is 423. The summed E-state index contributed by atoms with van der Waals surface area (Å²) in [6.45, 7) is 0. The van der Waals surface area contributed by atoms with Gasteiger partial charge in [0, 0.05) is 7.05 Å². The maximum Gasteiger partial charge on any atom is 0.252 e. The molecule has 0 saturated carbocycles. The Morgan fingerprint density at radius 2 is 2.12 bits per heavy atom. The van der Waals surface area contributed by atoms with E-state index in [1.165, 1.54) is 0 Å². The summed E-state index contributed by atoms with van der Waals surface area (Å²) in [4.78, 5) is 22.6. The van der Waals surface area contributed by atoms with Crippen molar-refractivity contribution in [2.45, 2.75) is 0 Å². The van der Waals surface area contributed by atoms with Gasteiger partial charge in [-0.05, 0) is 28.1 Å². The van der Waals surface area contributed by atoms with Crippen molar-refractivity contribution in [1.29, 1.82) is 0 Å². The topological polar surface area (TPSA) is 58.2 Å². The molecular weight excluding hydrogens is 295 g/mol. The minimum atomic E-state index is -0.323. The molecule has 6 heteroatoms. The van der Waals surface area contributed by atoms with Crippen LogP contribution in [0, 0.1) is 0 Å². The van der Waals surface area contributed by atoms with E-state index >= 15 is 0 Å². The fourth-order valence-electron chi connectivity index (χ4n) is 1.12. The SMILES string of the molecule is CNC(=O)c1cccc(NC(=O)CCl)c1Br. The fourth-order valence-corrected chi connectivity index (χ4v) is 1.73. The Labute approximate surface area is 106 Å². The van der Waals surface area contributed by atoms with Gasteiger partial charge in [0.05, 0.1) is 15.7 Å². The van der Waals surface area contributed by atoms with Crippen LogP contribution in [0.3, 0.4) is 0 Å². The van der Waals surface area contributed by atoms with Gasteiger partial charge in [0.15, 0.2) is 0 Å². The van der Waals surface area contributed by atoms with Gasteiger partial charge >= 0.3 is 0 Å². The first kappa shape index (κ1) is 13.0. The standard InChI is InChI=1S/C10H10BrClN2O2/c1-13-10(16)6-3-2-4-7(9(6)11)14-8(15)5-12/h2-4H,5H2,1H3,(H,13,16)(H,14,15). The Morgan fingerprint density at radius 3 is 2.69 bits per heavy atom. The number of rotatable bonds is 3. The molecule has 4 nitrogen and oxygen atoms in total. The van der Waals surface area contributed by atoms with Crippen LogP contribution in [-0.2, 0) is 4.79 Å². The van der Waals surface area contributed by atoms with Crippen molar-refractivity contribution in [1.82, 2.24) is 5.32 Å². The molecule has 2 amide bonds. The zero-order valence-corrected chi connectivity index (χ0v) is 10.9. The number of hydrogen-bond donors (Lipinski definition) is 2. The highest BCUT2D eigenvalue weighted by atomic mass is 79.9. The highest BCUT2D eigenvalue weighted by molar-refractivity contribution is 9.10. The lowest BCUT2D eigenvalue weighted by molar-refractivity contribution is -0.113. The minimum absolute atomic E-state index is 0.128. The van der Waals surface area contributed by atoms with Crippen LogP contribution >= 0.6 is 27.5 Å². The van der Waals surface area contributed by atoms with E-state index in [-0.39, 0.29) is 17.7 Å². The molecule has 0 aliphatic rings. The molecule has 0 radical (unpaired) electrons. The maximum atomic E-state index is 11.5. The van der Waals surface area contributed by atoms with Gasteiger partial charge in [0.1, 0.15) is 5.88 Å². The number of amides is 2. The highest BCUT2D eigenvalue weighted by Gasteiger charge is 2.12. The van der Waals surface area contributed by atoms with Crippen molar-refractivity contribution in [3.8, 4) is 0 Å². The van der Waals surface area contributed by atoms with Gasteiger partial charge in [-0.1, -0.05) is 6.07 Å². The summed E-state index contributed by atoms with van der Waals surface area (Å²) >= 11 is 8.64. The number of nitrogens with one attached hydrogen (secondary N) is 2. The lowest BCUT2D eigenvalue weighted by Crippen LogP contribution is -2.19. The van der Waals surface area contributed by atoms with E-state index in [0.717, 1.165) is 0 Å². The second-order valence-corrected chi connectivity index (χ2v) is 3.99. The second-order valence-electron chi connectivity index (χ2n) is 2.93. The molecule has 0 aliphatic heterocycles. The van der Waals surface area contributed by atoms with Crippen LogP contribution in [-0.4, -0.2) is 24.7 Å². The molecule has 0 heterocycles. The van der Waals surface area contributed by atoms with Gasteiger partial charge in [-0.25, -0.2) is 0 Å². The minimum Gasteiger partial charge on any atom is -0.355 e. The van der Waals surface area contributed by atoms with E-state index in [9.17, 15) is 9.59 Å². The Morgan fingerprint density at radius 1 is 1.44 bits per heavy atom. The van der Waals surface area contributed by atoms with Gasteiger partial charge < -0.3 is 10.6 Å². The predicted molar refractivity (Wildman–Crippen MR) is 66.9 cm³/mol. The highest BCUT2D eigenvalue weighted by Crippen LogP contribution is 2.26. The molecule has 0 aromatic heterocycles. The number of halogens is 2. The zero-order chi connectivity index (χ0) is 12.1. The van der Waals surface area contributed by atoms with Crippen molar-refractivity contribution in [2.24, 2.45) is 0 Å². The molecule has 0 saturated heterocycles. The van der Waals surface area contributed by atoms with Gasteiger partial charge in [0.2, 0.25) is 5.91 Å². The lowest BCUT2D eigenvalue weighted by atomic mass is 10.2. The molecule has 86 valence electrons. The van der Waals surface area contributed by atoms with Crippen molar-refractivity contribution < 1.29 is 9.59 Å². The molecule has 0 atom stereocenters. The van der Waals surface area contributed by atoms with E-state index in [2.05, 4.69) is 26.6 Å². The van der Waals surface area contributed by atoms with Crippen LogP contribution in [0.25, 0.3) is 0 Å². The Kier molecular flexibility index (Phi) is 4.76. The van der Waals surface area contributed by atoms with E-state index < -0.39 is 0 Å². The monoisotopic (exact) mass is 304 g/mol. The molecule has 0 unspecified atom stereocenters. The first-order valence-corrected chi connectivity index (χ1v) is 5.79. The predicted octanol–water partition coefficient (Wildman–Crippen LogP) is 1.99. The van der Waals surface area contributed by atoms with Crippen molar-refractivity contribution >= 4 is 45.0 Å². The summed E-state index contributed by atoms with van der Waals surface area (Å²) in [5.74, 6) is -0.679. The largest absolute Gasteiger partial charge is 0.355 e. The Balaban J connectivity index is 3.04. The summed E-state index contributed by atoms with van der Waals surface area (Å²) in [6.07, 6.45) is 0. The quantitative estimate of drug-likeness (QED) is 0.839. The molecule has 2 N–H and O–H groups in total. The number of benzene rings is 1. The third-order valence-corrected chi connectivity index (χ3v) is 2.96. The van der Waals surface area contributed by atoms with E-state index in [4.69, 9.17) is 11.6 Å². The number of hydrogen-bond acceptors (Lipinski definition) is 2. The third kappa shape index (κ3) is 2.96. The summed E-state index contributed by atoms with van der Waals surface area (Å²) in [7, 11) is 1.54. The summed E-state index contributed by atoms with van der Waals surface area (Å²) < 4.78 is 0.535. The second kappa shape index (κ2) is 5.86. The molecule has 0 bridgehead atoms. The smallest absolute Gasteiger partial charge is 0.252 e. The van der Waals surface area contributed by atoms with Gasteiger partial charge in [0.25, 0.3) is 5.91 Å². The van der Waals surface area contributed by atoms with Crippen LogP contribution in [0.2, 0.25) is 0 Å². The summed E-state index contributed by atoms with van der Waals surface area (Å²) in [5, 5.41) is 5.09.